The summed E-state index contributed by atoms with van der Waals surface area (Å²) in [5.41, 5.74) is 11.0. The Kier molecular flexibility index (Phi) is 19.1. The zero-order valence-electron chi connectivity index (χ0n) is 27.9. The minimum Gasteiger partial charge on any atom is -0.480 e. The van der Waals surface area contributed by atoms with Crippen molar-refractivity contribution >= 4 is 47.4 Å². The molecule has 0 spiro atoms. The SMILES string of the molecule is CC(C)[C@H](NC(=O)[C@H](CO)NC(=O)[C@H](Cc1ccccc1)NC(=O)[C@H](CO)NC(=O)CNC(=O)CN)C(=O)N[C@@H](CCCNC(=N)N)C(=O)O. The van der Waals surface area contributed by atoms with Gasteiger partial charge in [0.2, 0.25) is 35.4 Å². The van der Waals surface area contributed by atoms with E-state index in [9.17, 15) is 48.9 Å². The highest BCUT2D eigenvalue weighted by Gasteiger charge is 2.33. The highest BCUT2D eigenvalue weighted by molar-refractivity contribution is 5.96. The number of aliphatic hydroxyl groups excluding tert-OH is 2. The van der Waals surface area contributed by atoms with Crippen molar-refractivity contribution in [2.45, 2.75) is 63.3 Å². The minimum atomic E-state index is -1.63. The quantitative estimate of drug-likeness (QED) is 0.0304. The Bertz CT molecular complexity index is 1330. The van der Waals surface area contributed by atoms with Gasteiger partial charge in [-0.05, 0) is 24.3 Å². The second-order valence-corrected chi connectivity index (χ2v) is 11.4. The normalized spacial score (nSPS) is 13.7. The Morgan fingerprint density at radius 2 is 1.28 bits per heavy atom. The van der Waals surface area contributed by atoms with Gasteiger partial charge in [0.25, 0.3) is 0 Å². The van der Waals surface area contributed by atoms with Crippen LogP contribution in [0, 0.1) is 11.3 Å². The van der Waals surface area contributed by atoms with E-state index in [-0.39, 0.29) is 38.3 Å². The summed E-state index contributed by atoms with van der Waals surface area (Å²) in [4.78, 5) is 88.0. The molecule has 0 saturated carbocycles. The van der Waals surface area contributed by atoms with Gasteiger partial charge < -0.3 is 64.0 Å². The van der Waals surface area contributed by atoms with Crippen LogP contribution in [0.4, 0.5) is 0 Å². The van der Waals surface area contributed by atoms with Crippen LogP contribution in [-0.2, 0) is 40.0 Å². The molecule has 0 radical (unpaired) electrons. The number of carboxylic acids is 1. The van der Waals surface area contributed by atoms with Crippen LogP contribution in [0.5, 0.6) is 0 Å². The van der Waals surface area contributed by atoms with Gasteiger partial charge in [0.15, 0.2) is 5.96 Å². The van der Waals surface area contributed by atoms with Gasteiger partial charge in [-0.3, -0.25) is 34.2 Å². The third-order valence-electron chi connectivity index (χ3n) is 7.04. The van der Waals surface area contributed by atoms with Crippen molar-refractivity contribution in [3.8, 4) is 0 Å². The lowest BCUT2D eigenvalue weighted by Crippen LogP contribution is -2.61. The summed E-state index contributed by atoms with van der Waals surface area (Å²) in [5, 5.41) is 53.0. The summed E-state index contributed by atoms with van der Waals surface area (Å²) in [6, 6.07) is 1.22. The molecular formula is C30H48N10O10. The average molecular weight is 709 g/mol. The van der Waals surface area contributed by atoms with Crippen LogP contribution in [0.1, 0.15) is 32.3 Å². The summed E-state index contributed by atoms with van der Waals surface area (Å²) in [5.74, 6) is -7.40. The van der Waals surface area contributed by atoms with E-state index >= 15 is 0 Å². The van der Waals surface area contributed by atoms with Gasteiger partial charge in [0.1, 0.15) is 30.2 Å². The van der Waals surface area contributed by atoms with Crippen LogP contribution in [0.2, 0.25) is 0 Å². The fourth-order valence-electron chi connectivity index (χ4n) is 4.33. The van der Waals surface area contributed by atoms with Gasteiger partial charge in [-0.2, -0.15) is 0 Å². The summed E-state index contributed by atoms with van der Waals surface area (Å²) < 4.78 is 0. The number of nitrogens with one attached hydrogen (secondary N) is 8. The number of carbonyl (C=O) groups excluding carboxylic acids is 6. The number of guanidine groups is 1. The molecule has 0 heterocycles. The highest BCUT2D eigenvalue weighted by Crippen LogP contribution is 2.07. The van der Waals surface area contributed by atoms with Crippen LogP contribution in [-0.4, -0.2) is 126 Å². The van der Waals surface area contributed by atoms with Crippen molar-refractivity contribution in [2.24, 2.45) is 17.4 Å². The predicted octanol–water partition coefficient (Wildman–Crippen LogP) is -5.28. The van der Waals surface area contributed by atoms with Crippen molar-refractivity contribution in [3.63, 3.8) is 0 Å². The molecule has 0 aromatic heterocycles. The molecule has 0 aliphatic rings. The average Bonchev–Trinajstić information content (AvgIpc) is 3.07. The second kappa shape index (κ2) is 22.3. The Labute approximate surface area is 288 Å². The topological polar surface area (TPSA) is 340 Å². The molecule has 1 aromatic carbocycles. The first-order valence-corrected chi connectivity index (χ1v) is 15.7. The third-order valence-corrected chi connectivity index (χ3v) is 7.04. The van der Waals surface area contributed by atoms with Crippen LogP contribution < -0.4 is 48.7 Å². The molecule has 0 aliphatic carbocycles. The minimum absolute atomic E-state index is 0.0182. The van der Waals surface area contributed by atoms with Gasteiger partial charge in [-0.25, -0.2) is 4.79 Å². The molecular weight excluding hydrogens is 660 g/mol. The number of aliphatic hydroxyl groups is 2. The molecule has 0 fully saturated rings. The van der Waals surface area contributed by atoms with Crippen LogP contribution in [0.15, 0.2) is 30.3 Å². The Hall–Kier alpha value is -5.34. The number of amides is 6. The molecule has 278 valence electrons. The van der Waals surface area contributed by atoms with Crippen molar-refractivity contribution in [1.29, 1.82) is 5.41 Å². The molecule has 6 amide bonds. The largest absolute Gasteiger partial charge is 0.480 e. The van der Waals surface area contributed by atoms with Crippen molar-refractivity contribution < 1.29 is 48.9 Å². The van der Waals surface area contributed by atoms with Crippen molar-refractivity contribution in [2.75, 3.05) is 32.8 Å². The zero-order chi connectivity index (χ0) is 37.8. The van der Waals surface area contributed by atoms with E-state index in [2.05, 4.69) is 37.2 Å². The Morgan fingerprint density at radius 3 is 1.82 bits per heavy atom. The van der Waals surface area contributed by atoms with E-state index in [1.54, 1.807) is 44.2 Å². The first kappa shape index (κ1) is 42.7. The van der Waals surface area contributed by atoms with E-state index in [1.807, 2.05) is 0 Å². The summed E-state index contributed by atoms with van der Waals surface area (Å²) in [6.07, 6.45) is 0.106. The smallest absolute Gasteiger partial charge is 0.326 e. The number of benzene rings is 1. The number of aliphatic carboxylic acids is 1. The van der Waals surface area contributed by atoms with E-state index in [0.29, 0.717) is 5.56 Å². The highest BCUT2D eigenvalue weighted by atomic mass is 16.4. The van der Waals surface area contributed by atoms with Gasteiger partial charge in [0, 0.05) is 13.0 Å². The van der Waals surface area contributed by atoms with Crippen LogP contribution in [0.3, 0.4) is 0 Å². The summed E-state index contributed by atoms with van der Waals surface area (Å²) in [6.45, 7) is 0.633. The maximum atomic E-state index is 13.4. The molecule has 50 heavy (non-hydrogen) atoms. The van der Waals surface area contributed by atoms with E-state index in [0.717, 1.165) is 0 Å². The number of nitrogens with two attached hydrogens (primary N) is 2. The lowest BCUT2D eigenvalue weighted by atomic mass is 10.0. The molecule has 5 atom stereocenters. The van der Waals surface area contributed by atoms with Gasteiger partial charge in [0.05, 0.1) is 26.3 Å². The number of carbonyl (C=O) groups is 7. The second-order valence-electron chi connectivity index (χ2n) is 11.4. The van der Waals surface area contributed by atoms with Gasteiger partial charge in [-0.15, -0.1) is 0 Å². The first-order chi connectivity index (χ1) is 23.6. The molecule has 20 nitrogen and oxygen atoms in total. The lowest BCUT2D eigenvalue weighted by Gasteiger charge is -2.27. The van der Waals surface area contributed by atoms with Gasteiger partial charge >= 0.3 is 5.97 Å². The lowest BCUT2D eigenvalue weighted by molar-refractivity contribution is -0.143. The molecule has 1 rings (SSSR count). The number of rotatable bonds is 22. The molecule has 0 bridgehead atoms. The maximum Gasteiger partial charge on any atom is 0.326 e. The van der Waals surface area contributed by atoms with Crippen molar-refractivity contribution in [3.05, 3.63) is 35.9 Å². The van der Waals surface area contributed by atoms with Gasteiger partial charge in [-0.1, -0.05) is 44.2 Å². The summed E-state index contributed by atoms with van der Waals surface area (Å²) >= 11 is 0. The fraction of sp³-hybridized carbons (Fsp3) is 0.533. The number of hydrogen-bond donors (Lipinski definition) is 13. The van der Waals surface area contributed by atoms with E-state index in [1.165, 1.54) is 0 Å². The summed E-state index contributed by atoms with van der Waals surface area (Å²) in [7, 11) is 0. The first-order valence-electron chi connectivity index (χ1n) is 15.7. The maximum absolute atomic E-state index is 13.4. The standard InChI is InChI=1S/C30H48N10O10/c1-16(2)24(28(48)37-18(29(49)50)9-6-10-34-30(32)33)40-27(47)21(15-42)39-25(45)19(11-17-7-4-3-5-8-17)38-26(46)20(14-41)36-23(44)13-35-22(43)12-31/h3-5,7-8,16,18-21,24,41-42H,6,9-15,31H2,1-2H3,(H,35,43)(H,36,44)(H,37,48)(H,38,46)(H,39,45)(H,40,47)(H,49,50)(H4,32,33,34)/t18-,19-,20-,21-,24-/m0/s1. The number of carboxylic acid groups (broad SMARTS) is 1. The predicted molar refractivity (Wildman–Crippen MR) is 178 cm³/mol. The number of hydrogen-bond acceptors (Lipinski definition) is 11. The Morgan fingerprint density at radius 1 is 0.740 bits per heavy atom. The molecule has 1 aromatic rings. The molecule has 0 saturated heterocycles. The molecule has 0 unspecified atom stereocenters. The molecule has 15 N–H and O–H groups in total. The monoisotopic (exact) mass is 708 g/mol. The third kappa shape index (κ3) is 15.7. The van der Waals surface area contributed by atoms with Crippen molar-refractivity contribution in [1.82, 2.24) is 37.2 Å². The van der Waals surface area contributed by atoms with E-state index in [4.69, 9.17) is 16.9 Å². The molecule has 0 aliphatic heterocycles. The van der Waals surface area contributed by atoms with Crippen LogP contribution >= 0.6 is 0 Å². The molecule has 20 heteroatoms. The zero-order valence-corrected chi connectivity index (χ0v) is 27.9. The van der Waals surface area contributed by atoms with Crippen LogP contribution in [0.25, 0.3) is 0 Å². The Balaban J connectivity index is 3.06. The fourth-order valence-corrected chi connectivity index (χ4v) is 4.33. The van der Waals surface area contributed by atoms with E-state index < -0.39 is 97.3 Å².